The standard InChI is InChI=1S/C27H39NO2/c1-18(17-30-25-6-4-5-15-28-25)22-9-10-23-21-8-7-19-16-20(29)11-13-26(19,2)24(21)12-14-27(22,23)3/h4-6,15,18-19,21-24H,7-14,16-17H2,1-3H3/t18-,19+,21?,22-,23?,24?,26+,27-/m1/s1. The Labute approximate surface area is 182 Å². The highest BCUT2D eigenvalue weighted by Crippen LogP contribution is 2.68. The molecule has 4 fully saturated rings. The van der Waals surface area contributed by atoms with E-state index in [2.05, 4.69) is 25.8 Å². The Morgan fingerprint density at radius 2 is 1.90 bits per heavy atom. The largest absolute Gasteiger partial charge is 0.477 e. The van der Waals surface area contributed by atoms with Crippen molar-refractivity contribution in [1.82, 2.24) is 4.98 Å². The number of ether oxygens (including phenoxy) is 1. The van der Waals surface area contributed by atoms with Crippen molar-refractivity contribution in [2.45, 2.75) is 78.6 Å². The molecule has 0 radical (unpaired) electrons. The SMILES string of the molecule is C[C@H](COc1ccccn1)[C@H]1CCC2C3CC[C@H]4CC(=O)CC[C@]4(C)C3CC[C@@]21C. The van der Waals surface area contributed by atoms with E-state index in [0.29, 0.717) is 28.4 Å². The molecule has 4 saturated carbocycles. The summed E-state index contributed by atoms with van der Waals surface area (Å²) in [6.45, 7) is 8.35. The van der Waals surface area contributed by atoms with Crippen molar-refractivity contribution in [3.63, 3.8) is 0 Å². The monoisotopic (exact) mass is 409 g/mol. The lowest BCUT2D eigenvalue weighted by atomic mass is 9.44. The van der Waals surface area contributed by atoms with Gasteiger partial charge in [0.05, 0.1) is 6.61 Å². The second-order valence-corrected chi connectivity index (χ2v) is 11.6. The maximum Gasteiger partial charge on any atom is 0.213 e. The predicted molar refractivity (Wildman–Crippen MR) is 119 cm³/mol. The number of carbonyl (C=O) groups is 1. The van der Waals surface area contributed by atoms with Crippen LogP contribution in [0, 0.1) is 46.3 Å². The first-order valence-corrected chi connectivity index (χ1v) is 12.5. The number of hydrogen-bond acceptors (Lipinski definition) is 3. The van der Waals surface area contributed by atoms with E-state index in [1.165, 1.54) is 38.5 Å². The minimum atomic E-state index is 0.421. The van der Waals surface area contributed by atoms with E-state index in [0.717, 1.165) is 55.4 Å². The molecule has 0 bridgehead atoms. The van der Waals surface area contributed by atoms with E-state index in [1.807, 2.05) is 24.4 Å². The molecule has 0 N–H and O–H groups in total. The molecule has 1 heterocycles. The molecule has 3 nitrogen and oxygen atoms in total. The van der Waals surface area contributed by atoms with Crippen LogP contribution >= 0.6 is 0 Å². The van der Waals surface area contributed by atoms with Crippen LogP contribution in [0.25, 0.3) is 0 Å². The third-order valence-corrected chi connectivity index (χ3v) is 10.4. The first-order valence-electron chi connectivity index (χ1n) is 12.5. The van der Waals surface area contributed by atoms with Crippen LogP contribution < -0.4 is 4.74 Å². The number of Topliss-reactive ketones (excluding diaryl/α,β-unsaturated/α-hetero) is 1. The zero-order valence-corrected chi connectivity index (χ0v) is 19.1. The van der Waals surface area contributed by atoms with E-state index < -0.39 is 0 Å². The molecule has 8 atom stereocenters. The highest BCUT2D eigenvalue weighted by Gasteiger charge is 2.60. The van der Waals surface area contributed by atoms with Gasteiger partial charge in [-0.1, -0.05) is 26.8 Å². The summed E-state index contributed by atoms with van der Waals surface area (Å²) in [5, 5.41) is 0. The molecule has 30 heavy (non-hydrogen) atoms. The van der Waals surface area contributed by atoms with Crippen LogP contribution in [0.5, 0.6) is 5.88 Å². The van der Waals surface area contributed by atoms with Crippen molar-refractivity contribution in [3.8, 4) is 5.88 Å². The van der Waals surface area contributed by atoms with Crippen molar-refractivity contribution in [3.05, 3.63) is 24.4 Å². The molecular formula is C27H39NO2. The Morgan fingerprint density at radius 1 is 1.07 bits per heavy atom. The molecule has 0 saturated heterocycles. The number of fused-ring (bicyclic) bond motifs is 5. The number of rotatable bonds is 4. The fourth-order valence-corrected chi connectivity index (χ4v) is 8.79. The van der Waals surface area contributed by atoms with Crippen molar-refractivity contribution in [2.75, 3.05) is 6.61 Å². The Morgan fingerprint density at radius 3 is 2.70 bits per heavy atom. The normalized spacial score (nSPS) is 44.0. The van der Waals surface area contributed by atoms with Crippen LogP contribution in [0.2, 0.25) is 0 Å². The van der Waals surface area contributed by atoms with Crippen LogP contribution in [-0.4, -0.2) is 17.4 Å². The molecule has 0 spiro atoms. The van der Waals surface area contributed by atoms with Gasteiger partial charge < -0.3 is 4.74 Å². The number of pyridine rings is 1. The number of nitrogens with zero attached hydrogens (tertiary/aromatic N) is 1. The van der Waals surface area contributed by atoms with Gasteiger partial charge in [0.15, 0.2) is 0 Å². The summed E-state index contributed by atoms with van der Waals surface area (Å²) in [5.41, 5.74) is 0.881. The Kier molecular flexibility index (Phi) is 5.22. The molecule has 1 aromatic heterocycles. The third-order valence-electron chi connectivity index (χ3n) is 10.4. The van der Waals surface area contributed by atoms with Crippen LogP contribution in [0.15, 0.2) is 24.4 Å². The minimum absolute atomic E-state index is 0.421. The highest BCUT2D eigenvalue weighted by atomic mass is 16.5. The van der Waals surface area contributed by atoms with E-state index in [1.54, 1.807) is 0 Å². The van der Waals surface area contributed by atoms with Gasteiger partial charge in [0, 0.05) is 25.1 Å². The van der Waals surface area contributed by atoms with Crippen LogP contribution in [0.1, 0.15) is 78.6 Å². The molecule has 1 aromatic rings. The molecule has 0 amide bonds. The summed E-state index contributed by atoms with van der Waals surface area (Å²) in [5.74, 6) is 5.86. The fourth-order valence-electron chi connectivity index (χ4n) is 8.79. The summed E-state index contributed by atoms with van der Waals surface area (Å²) >= 11 is 0. The number of ketones is 1. The van der Waals surface area contributed by atoms with E-state index in [9.17, 15) is 4.79 Å². The van der Waals surface area contributed by atoms with Gasteiger partial charge in [0.2, 0.25) is 5.88 Å². The molecular weight excluding hydrogens is 370 g/mol. The van der Waals surface area contributed by atoms with Gasteiger partial charge in [-0.05, 0) is 97.3 Å². The first kappa shape index (κ1) is 20.5. The quantitative estimate of drug-likeness (QED) is 0.584. The van der Waals surface area contributed by atoms with Gasteiger partial charge >= 0.3 is 0 Å². The van der Waals surface area contributed by atoms with Crippen molar-refractivity contribution in [1.29, 1.82) is 0 Å². The van der Waals surface area contributed by atoms with E-state index in [-0.39, 0.29) is 0 Å². The van der Waals surface area contributed by atoms with E-state index >= 15 is 0 Å². The lowest BCUT2D eigenvalue weighted by molar-refractivity contribution is -0.140. The second-order valence-electron chi connectivity index (χ2n) is 11.6. The average molecular weight is 410 g/mol. The van der Waals surface area contributed by atoms with Gasteiger partial charge in [-0.2, -0.15) is 0 Å². The summed E-state index contributed by atoms with van der Waals surface area (Å²) in [4.78, 5) is 16.5. The lowest BCUT2D eigenvalue weighted by Gasteiger charge is -2.60. The molecule has 3 unspecified atom stereocenters. The van der Waals surface area contributed by atoms with Gasteiger partial charge in [-0.25, -0.2) is 4.98 Å². The summed E-state index contributed by atoms with van der Waals surface area (Å²) in [6.07, 6.45) is 12.8. The Hall–Kier alpha value is -1.38. The Bertz CT molecular complexity index is 778. The zero-order chi connectivity index (χ0) is 20.9. The molecule has 4 aliphatic rings. The summed E-state index contributed by atoms with van der Waals surface area (Å²) < 4.78 is 6.07. The lowest BCUT2D eigenvalue weighted by Crippen LogP contribution is -2.54. The van der Waals surface area contributed by atoms with Gasteiger partial charge in [-0.3, -0.25) is 4.79 Å². The first-order chi connectivity index (χ1) is 14.4. The number of aromatic nitrogens is 1. The number of carbonyl (C=O) groups excluding carboxylic acids is 1. The van der Waals surface area contributed by atoms with Crippen molar-refractivity contribution < 1.29 is 9.53 Å². The second kappa shape index (κ2) is 7.64. The predicted octanol–water partition coefficient (Wildman–Crippen LogP) is 6.32. The third kappa shape index (κ3) is 3.22. The van der Waals surface area contributed by atoms with Crippen molar-refractivity contribution >= 4 is 5.78 Å². The summed E-state index contributed by atoms with van der Waals surface area (Å²) in [6, 6.07) is 5.90. The zero-order valence-electron chi connectivity index (χ0n) is 19.1. The fraction of sp³-hybridized carbons (Fsp3) is 0.778. The maximum atomic E-state index is 12.1. The maximum absolute atomic E-state index is 12.1. The molecule has 3 heteroatoms. The molecule has 0 aliphatic heterocycles. The van der Waals surface area contributed by atoms with E-state index in [4.69, 9.17) is 4.74 Å². The average Bonchev–Trinajstić information content (AvgIpc) is 3.10. The number of hydrogen-bond donors (Lipinski definition) is 0. The van der Waals surface area contributed by atoms with Crippen molar-refractivity contribution in [2.24, 2.45) is 46.3 Å². The van der Waals surface area contributed by atoms with Crippen LogP contribution in [0.4, 0.5) is 0 Å². The van der Waals surface area contributed by atoms with Gasteiger partial charge in [-0.15, -0.1) is 0 Å². The smallest absolute Gasteiger partial charge is 0.213 e. The van der Waals surface area contributed by atoms with Crippen LogP contribution in [0.3, 0.4) is 0 Å². The minimum Gasteiger partial charge on any atom is -0.477 e. The highest BCUT2D eigenvalue weighted by molar-refractivity contribution is 5.79. The van der Waals surface area contributed by atoms with Gasteiger partial charge in [0.25, 0.3) is 0 Å². The summed E-state index contributed by atoms with van der Waals surface area (Å²) in [7, 11) is 0. The molecule has 0 aromatic carbocycles. The molecule has 4 aliphatic carbocycles. The molecule has 5 rings (SSSR count). The van der Waals surface area contributed by atoms with Gasteiger partial charge in [0.1, 0.15) is 5.78 Å². The topological polar surface area (TPSA) is 39.2 Å². The Balaban J connectivity index is 1.30. The molecule has 164 valence electrons. The van der Waals surface area contributed by atoms with Crippen LogP contribution in [-0.2, 0) is 4.79 Å².